The van der Waals surface area contributed by atoms with Crippen LogP contribution in [0.2, 0.25) is 5.02 Å². The predicted molar refractivity (Wildman–Crippen MR) is 89.5 cm³/mol. The van der Waals surface area contributed by atoms with E-state index in [1.54, 1.807) is 18.2 Å². The van der Waals surface area contributed by atoms with E-state index in [-0.39, 0.29) is 12.5 Å². The monoisotopic (exact) mass is 412 g/mol. The van der Waals surface area contributed by atoms with Crippen LogP contribution >= 0.6 is 34.2 Å². The van der Waals surface area contributed by atoms with Gasteiger partial charge >= 0.3 is 0 Å². The molecule has 0 heterocycles. The molecule has 21 heavy (non-hydrogen) atoms. The van der Waals surface area contributed by atoms with Crippen LogP contribution in [0.4, 0.5) is 5.69 Å². The number of ether oxygens (including phenoxy) is 1. The summed E-state index contributed by atoms with van der Waals surface area (Å²) in [5.41, 5.74) is 0.889. The van der Waals surface area contributed by atoms with Crippen molar-refractivity contribution in [2.45, 2.75) is 0 Å². The van der Waals surface area contributed by atoms with Crippen molar-refractivity contribution in [3.05, 3.63) is 56.6 Å². The highest BCUT2D eigenvalue weighted by atomic mass is 127. The summed E-state index contributed by atoms with van der Waals surface area (Å²) in [7, 11) is 0. The zero-order chi connectivity index (χ0) is 15.2. The Morgan fingerprint density at radius 2 is 2.14 bits per heavy atom. The van der Waals surface area contributed by atoms with Crippen molar-refractivity contribution in [1.29, 1.82) is 5.26 Å². The predicted octanol–water partition coefficient (Wildman–Crippen LogP) is 3.83. The smallest absolute Gasteiger partial charge is 0.262 e. The maximum absolute atomic E-state index is 11.8. The molecule has 0 aliphatic rings. The van der Waals surface area contributed by atoms with Gasteiger partial charge in [-0.05, 0) is 59.0 Å². The van der Waals surface area contributed by atoms with Crippen molar-refractivity contribution >= 4 is 45.8 Å². The molecule has 1 N–H and O–H groups in total. The lowest BCUT2D eigenvalue weighted by atomic mass is 10.2. The molecule has 0 radical (unpaired) electrons. The van der Waals surface area contributed by atoms with E-state index in [1.165, 1.54) is 6.07 Å². The van der Waals surface area contributed by atoms with Gasteiger partial charge in [0.05, 0.1) is 10.6 Å². The van der Waals surface area contributed by atoms with E-state index < -0.39 is 0 Å². The maximum Gasteiger partial charge on any atom is 0.262 e. The summed E-state index contributed by atoms with van der Waals surface area (Å²) in [5.74, 6) is 0.338. The van der Waals surface area contributed by atoms with Gasteiger partial charge in [0.2, 0.25) is 0 Å². The lowest BCUT2D eigenvalue weighted by molar-refractivity contribution is -0.118. The van der Waals surface area contributed by atoms with Crippen LogP contribution in [-0.4, -0.2) is 12.5 Å². The van der Waals surface area contributed by atoms with Gasteiger partial charge in [0, 0.05) is 9.26 Å². The third-order valence-electron chi connectivity index (χ3n) is 2.54. The fourth-order valence-electron chi connectivity index (χ4n) is 1.59. The lowest BCUT2D eigenvalue weighted by Gasteiger charge is -2.08. The molecule has 0 saturated carbocycles. The molecule has 0 saturated heterocycles. The number of rotatable bonds is 4. The summed E-state index contributed by atoms with van der Waals surface area (Å²) < 4.78 is 6.43. The number of nitriles is 1. The Bertz CT molecular complexity index is 713. The Morgan fingerprint density at radius 1 is 1.33 bits per heavy atom. The van der Waals surface area contributed by atoms with E-state index in [0.29, 0.717) is 22.0 Å². The average Bonchev–Trinajstić information content (AvgIpc) is 2.45. The van der Waals surface area contributed by atoms with Crippen molar-refractivity contribution in [2.24, 2.45) is 0 Å². The first kappa shape index (κ1) is 15.6. The van der Waals surface area contributed by atoms with Gasteiger partial charge in [0.1, 0.15) is 11.8 Å². The lowest BCUT2D eigenvalue weighted by Crippen LogP contribution is -2.20. The minimum atomic E-state index is -0.297. The molecule has 6 heteroatoms. The zero-order valence-electron chi connectivity index (χ0n) is 10.8. The second-order valence-corrected chi connectivity index (χ2v) is 5.75. The number of nitrogens with zero attached hydrogens (tertiary/aromatic N) is 1. The maximum atomic E-state index is 11.8. The van der Waals surface area contributed by atoms with E-state index >= 15 is 0 Å². The van der Waals surface area contributed by atoms with Crippen LogP contribution in [0.25, 0.3) is 0 Å². The summed E-state index contributed by atoms with van der Waals surface area (Å²) in [6.07, 6.45) is 0. The number of anilines is 1. The van der Waals surface area contributed by atoms with Crippen LogP contribution in [0.3, 0.4) is 0 Å². The Hall–Kier alpha value is -1.78. The molecule has 0 atom stereocenters. The minimum Gasteiger partial charge on any atom is -0.484 e. The fraction of sp³-hybridized carbons (Fsp3) is 0.0667. The second-order valence-electron chi connectivity index (χ2n) is 4.10. The molecule has 2 rings (SSSR count). The first-order valence-corrected chi connectivity index (χ1v) is 7.42. The first-order valence-electron chi connectivity index (χ1n) is 5.96. The van der Waals surface area contributed by atoms with Gasteiger partial charge in [-0.15, -0.1) is 0 Å². The molecular formula is C15H10ClIN2O2. The van der Waals surface area contributed by atoms with Gasteiger partial charge in [-0.1, -0.05) is 17.7 Å². The number of amides is 1. The number of hydrogen-bond donors (Lipinski definition) is 1. The molecule has 0 aliphatic carbocycles. The highest BCUT2D eigenvalue weighted by molar-refractivity contribution is 14.1. The van der Waals surface area contributed by atoms with Crippen molar-refractivity contribution in [2.75, 3.05) is 11.9 Å². The normalized spacial score (nSPS) is 9.76. The van der Waals surface area contributed by atoms with Gasteiger partial charge in [-0.2, -0.15) is 5.26 Å². The molecule has 0 bridgehead atoms. The van der Waals surface area contributed by atoms with E-state index in [2.05, 4.69) is 27.9 Å². The van der Waals surface area contributed by atoms with Gasteiger partial charge in [0.25, 0.3) is 5.91 Å². The Kier molecular flexibility index (Phi) is 5.42. The van der Waals surface area contributed by atoms with E-state index in [9.17, 15) is 4.79 Å². The number of hydrogen-bond acceptors (Lipinski definition) is 3. The van der Waals surface area contributed by atoms with Crippen LogP contribution in [-0.2, 0) is 4.79 Å². The average molecular weight is 413 g/mol. The van der Waals surface area contributed by atoms with E-state index in [1.807, 2.05) is 24.3 Å². The molecule has 0 aromatic heterocycles. The Labute approximate surface area is 140 Å². The van der Waals surface area contributed by atoms with Crippen LogP contribution in [0.1, 0.15) is 5.56 Å². The van der Waals surface area contributed by atoms with Crippen LogP contribution in [0, 0.1) is 14.9 Å². The number of carbonyl (C=O) groups is 1. The molecule has 1 amide bonds. The third-order valence-corrected chi connectivity index (χ3v) is 3.52. The summed E-state index contributed by atoms with van der Waals surface area (Å²) in [6.45, 7) is -0.0995. The number of nitrogens with one attached hydrogen (secondary N) is 1. The zero-order valence-corrected chi connectivity index (χ0v) is 13.7. The van der Waals surface area contributed by atoms with Gasteiger partial charge in [0.15, 0.2) is 6.61 Å². The van der Waals surface area contributed by atoms with Crippen molar-refractivity contribution in [3.63, 3.8) is 0 Å². The van der Waals surface area contributed by atoms with Gasteiger partial charge in [-0.3, -0.25) is 4.79 Å². The molecule has 0 aliphatic heterocycles. The van der Waals surface area contributed by atoms with Crippen molar-refractivity contribution in [3.8, 4) is 11.8 Å². The summed E-state index contributed by atoms with van der Waals surface area (Å²) in [4.78, 5) is 11.8. The van der Waals surface area contributed by atoms with Crippen LogP contribution < -0.4 is 10.1 Å². The van der Waals surface area contributed by atoms with Crippen molar-refractivity contribution < 1.29 is 9.53 Å². The second kappa shape index (κ2) is 7.29. The molecular weight excluding hydrogens is 403 g/mol. The number of halogens is 2. The minimum absolute atomic E-state index is 0.0995. The SMILES string of the molecule is N#Cc1ccc(NC(=O)COc2cccc(I)c2)cc1Cl. The number of carbonyl (C=O) groups excluding carboxylic acids is 1. The molecule has 0 spiro atoms. The van der Waals surface area contributed by atoms with Gasteiger partial charge in [-0.25, -0.2) is 0 Å². The molecule has 4 nitrogen and oxygen atoms in total. The number of benzene rings is 2. The fourth-order valence-corrected chi connectivity index (χ4v) is 2.32. The summed E-state index contributed by atoms with van der Waals surface area (Å²) >= 11 is 8.07. The molecule has 106 valence electrons. The van der Waals surface area contributed by atoms with Crippen molar-refractivity contribution in [1.82, 2.24) is 0 Å². The Morgan fingerprint density at radius 3 is 2.81 bits per heavy atom. The highest BCUT2D eigenvalue weighted by Crippen LogP contribution is 2.20. The van der Waals surface area contributed by atoms with E-state index in [0.717, 1.165) is 3.57 Å². The third kappa shape index (κ3) is 4.62. The summed E-state index contributed by atoms with van der Waals surface area (Å²) in [5, 5.41) is 11.7. The van der Waals surface area contributed by atoms with Gasteiger partial charge < -0.3 is 10.1 Å². The molecule has 0 unspecified atom stereocenters. The van der Waals surface area contributed by atoms with Crippen LogP contribution in [0.5, 0.6) is 5.75 Å². The Balaban J connectivity index is 1.93. The highest BCUT2D eigenvalue weighted by Gasteiger charge is 2.06. The summed E-state index contributed by atoms with van der Waals surface area (Å²) in [6, 6.07) is 14.1. The van der Waals surface area contributed by atoms with Crippen LogP contribution in [0.15, 0.2) is 42.5 Å². The quantitative estimate of drug-likeness (QED) is 0.776. The first-order chi connectivity index (χ1) is 10.1. The molecule has 2 aromatic carbocycles. The standard InChI is InChI=1S/C15H10ClIN2O2/c16-14-7-12(5-4-10(14)8-18)19-15(20)9-21-13-3-1-2-11(17)6-13/h1-7H,9H2,(H,19,20). The topological polar surface area (TPSA) is 62.1 Å². The molecule has 0 fully saturated rings. The molecule has 2 aromatic rings. The largest absolute Gasteiger partial charge is 0.484 e. The van der Waals surface area contributed by atoms with E-state index in [4.69, 9.17) is 21.6 Å².